The number of rotatable bonds is 3. The lowest BCUT2D eigenvalue weighted by atomic mass is 9.93. The molecule has 1 aliphatic heterocycles. The van der Waals surface area contributed by atoms with Crippen molar-refractivity contribution >= 4 is 17.9 Å². The number of hydrogen-bond donors (Lipinski definition) is 0. The molecule has 0 aliphatic carbocycles. The van der Waals surface area contributed by atoms with E-state index < -0.39 is 23.9 Å². The number of methoxy groups -OCH3 is 1. The van der Waals surface area contributed by atoms with Crippen molar-refractivity contribution in [2.45, 2.75) is 26.8 Å². The van der Waals surface area contributed by atoms with E-state index in [1.54, 1.807) is 38.1 Å². The molecule has 1 aromatic carbocycles. The van der Waals surface area contributed by atoms with Gasteiger partial charge in [-0.05, 0) is 19.4 Å². The molecule has 1 unspecified atom stereocenters. The van der Waals surface area contributed by atoms with E-state index in [0.29, 0.717) is 11.3 Å². The molecule has 0 saturated carbocycles. The number of benzene rings is 1. The summed E-state index contributed by atoms with van der Waals surface area (Å²) in [4.78, 5) is 40.0. The number of carbonyl (C=O) groups excluding carboxylic acids is 3. The van der Waals surface area contributed by atoms with Crippen molar-refractivity contribution in [3.63, 3.8) is 0 Å². The zero-order valence-electron chi connectivity index (χ0n) is 14.7. The van der Waals surface area contributed by atoms with Gasteiger partial charge in [0.1, 0.15) is 6.04 Å². The molecule has 0 radical (unpaired) electrons. The fraction of sp³-hybridized carbons (Fsp3) is 0.316. The van der Waals surface area contributed by atoms with Crippen LogP contribution >= 0.6 is 0 Å². The highest BCUT2D eigenvalue weighted by Gasteiger charge is 2.43. The molecular formula is C19H20N2O4. The lowest BCUT2D eigenvalue weighted by Crippen LogP contribution is -2.52. The zero-order chi connectivity index (χ0) is 18.6. The number of nitrogens with zero attached hydrogens (tertiary/aromatic N) is 2. The first-order chi connectivity index (χ1) is 11.9. The van der Waals surface area contributed by atoms with Gasteiger partial charge in [-0.3, -0.25) is 14.6 Å². The molecule has 25 heavy (non-hydrogen) atoms. The average molecular weight is 340 g/mol. The molecular weight excluding hydrogens is 320 g/mol. The summed E-state index contributed by atoms with van der Waals surface area (Å²) in [5, 5.41) is 0. The zero-order valence-corrected chi connectivity index (χ0v) is 14.7. The van der Waals surface area contributed by atoms with Crippen LogP contribution in [0.4, 0.5) is 4.79 Å². The molecule has 0 bridgehead atoms. The largest absolute Gasteiger partial charge is 0.466 e. The van der Waals surface area contributed by atoms with Crippen LogP contribution in [0.1, 0.15) is 32.4 Å². The molecule has 3 amide bonds. The summed E-state index contributed by atoms with van der Waals surface area (Å²) in [7, 11) is 1.27. The molecule has 2 rings (SSSR count). The van der Waals surface area contributed by atoms with E-state index >= 15 is 0 Å². The van der Waals surface area contributed by atoms with E-state index in [1.807, 2.05) is 6.07 Å². The van der Waals surface area contributed by atoms with Gasteiger partial charge in [-0.2, -0.15) is 0 Å². The third kappa shape index (κ3) is 3.41. The maximum atomic E-state index is 12.9. The summed E-state index contributed by atoms with van der Waals surface area (Å²) in [5.41, 5.74) is 1.35. The highest BCUT2D eigenvalue weighted by Crippen LogP contribution is 2.37. The van der Waals surface area contributed by atoms with Crippen LogP contribution in [0.3, 0.4) is 0 Å². The number of esters is 1. The minimum absolute atomic E-state index is 0.0902. The third-order valence-electron chi connectivity index (χ3n) is 4.04. The summed E-state index contributed by atoms with van der Waals surface area (Å²) >= 11 is 0. The maximum absolute atomic E-state index is 12.9. The monoisotopic (exact) mass is 340 g/mol. The van der Waals surface area contributed by atoms with Crippen molar-refractivity contribution in [1.82, 2.24) is 9.80 Å². The van der Waals surface area contributed by atoms with Gasteiger partial charge in [0.25, 0.3) is 0 Å². The fourth-order valence-electron chi connectivity index (χ4n) is 2.84. The Kier molecular flexibility index (Phi) is 5.60. The summed E-state index contributed by atoms with van der Waals surface area (Å²) < 4.78 is 4.92. The SMILES string of the molecule is CC#CCN1C(=O)N(C(C)=O)C(c2ccccc2)C(C(=O)OC)=C1C. The quantitative estimate of drug-likeness (QED) is 0.626. The van der Waals surface area contributed by atoms with Gasteiger partial charge >= 0.3 is 12.0 Å². The Hall–Kier alpha value is -3.07. The summed E-state index contributed by atoms with van der Waals surface area (Å²) in [6, 6.07) is 7.61. The normalized spacial score (nSPS) is 17.1. The van der Waals surface area contributed by atoms with Crippen LogP contribution in [-0.4, -0.2) is 41.4 Å². The molecule has 1 heterocycles. The number of hydrogen-bond acceptors (Lipinski definition) is 4. The predicted octanol–water partition coefficient (Wildman–Crippen LogP) is 2.48. The molecule has 1 aliphatic rings. The fourth-order valence-corrected chi connectivity index (χ4v) is 2.84. The minimum Gasteiger partial charge on any atom is -0.466 e. The first kappa shape index (κ1) is 18.3. The minimum atomic E-state index is -0.829. The Labute approximate surface area is 147 Å². The van der Waals surface area contributed by atoms with Crippen LogP contribution < -0.4 is 0 Å². The van der Waals surface area contributed by atoms with Crippen molar-refractivity contribution in [3.8, 4) is 11.8 Å². The van der Waals surface area contributed by atoms with E-state index in [2.05, 4.69) is 11.8 Å². The van der Waals surface area contributed by atoms with Gasteiger partial charge in [0, 0.05) is 12.6 Å². The molecule has 0 aromatic heterocycles. The smallest absolute Gasteiger partial charge is 0.338 e. The van der Waals surface area contributed by atoms with Gasteiger partial charge < -0.3 is 4.74 Å². The Morgan fingerprint density at radius 1 is 1.24 bits per heavy atom. The van der Waals surface area contributed by atoms with E-state index in [0.717, 1.165) is 4.90 Å². The van der Waals surface area contributed by atoms with Crippen LogP contribution in [0, 0.1) is 11.8 Å². The van der Waals surface area contributed by atoms with E-state index in [4.69, 9.17) is 4.74 Å². The number of imide groups is 1. The van der Waals surface area contributed by atoms with Crippen LogP contribution in [-0.2, 0) is 14.3 Å². The maximum Gasteiger partial charge on any atom is 0.338 e. The Balaban J connectivity index is 2.72. The standard InChI is InChI=1S/C19H20N2O4/c1-5-6-12-20-13(2)16(18(23)25-4)17(15-10-8-7-9-11-15)21(14(3)22)19(20)24/h7-11,17H,12H2,1-4H3. The van der Waals surface area contributed by atoms with Crippen LogP contribution in [0.2, 0.25) is 0 Å². The van der Waals surface area contributed by atoms with E-state index in [9.17, 15) is 14.4 Å². The molecule has 130 valence electrons. The Morgan fingerprint density at radius 2 is 1.88 bits per heavy atom. The Morgan fingerprint density at radius 3 is 2.40 bits per heavy atom. The predicted molar refractivity (Wildman–Crippen MR) is 92.0 cm³/mol. The second-order valence-electron chi connectivity index (χ2n) is 5.49. The topological polar surface area (TPSA) is 66.9 Å². The molecule has 6 nitrogen and oxygen atoms in total. The summed E-state index contributed by atoms with van der Waals surface area (Å²) in [6.07, 6.45) is 0. The van der Waals surface area contributed by atoms with Crippen LogP contribution in [0.5, 0.6) is 0 Å². The molecule has 0 saturated heterocycles. The molecule has 0 N–H and O–H groups in total. The second kappa shape index (κ2) is 7.67. The first-order valence-corrected chi connectivity index (χ1v) is 7.79. The first-order valence-electron chi connectivity index (χ1n) is 7.79. The molecule has 0 spiro atoms. The van der Waals surface area contributed by atoms with Gasteiger partial charge in [-0.25, -0.2) is 9.59 Å². The number of allylic oxidation sites excluding steroid dienone is 1. The van der Waals surface area contributed by atoms with Crippen molar-refractivity contribution in [1.29, 1.82) is 0 Å². The third-order valence-corrected chi connectivity index (χ3v) is 4.04. The van der Waals surface area contributed by atoms with E-state index in [-0.39, 0.29) is 12.1 Å². The lowest BCUT2D eigenvalue weighted by molar-refractivity contribution is -0.138. The van der Waals surface area contributed by atoms with Crippen molar-refractivity contribution < 1.29 is 19.1 Å². The lowest BCUT2D eigenvalue weighted by Gasteiger charge is -2.40. The van der Waals surface area contributed by atoms with Crippen molar-refractivity contribution in [3.05, 3.63) is 47.2 Å². The van der Waals surface area contributed by atoms with E-state index in [1.165, 1.54) is 18.9 Å². The second-order valence-corrected chi connectivity index (χ2v) is 5.49. The Bertz CT molecular complexity index is 787. The number of urea groups is 1. The highest BCUT2D eigenvalue weighted by molar-refractivity contribution is 6.01. The summed E-state index contributed by atoms with van der Waals surface area (Å²) in [6.45, 7) is 4.71. The number of ether oxygens (including phenoxy) is 1. The molecule has 1 atom stereocenters. The van der Waals surface area contributed by atoms with Gasteiger partial charge in [-0.1, -0.05) is 36.3 Å². The van der Waals surface area contributed by atoms with Gasteiger partial charge in [0.15, 0.2) is 0 Å². The summed E-state index contributed by atoms with van der Waals surface area (Å²) in [5.74, 6) is 4.48. The number of carbonyl (C=O) groups is 3. The van der Waals surface area contributed by atoms with Crippen LogP contribution in [0.25, 0.3) is 0 Å². The van der Waals surface area contributed by atoms with Crippen molar-refractivity contribution in [2.75, 3.05) is 13.7 Å². The van der Waals surface area contributed by atoms with Gasteiger partial charge in [0.2, 0.25) is 5.91 Å². The number of amides is 3. The highest BCUT2D eigenvalue weighted by atomic mass is 16.5. The average Bonchev–Trinajstić information content (AvgIpc) is 2.61. The molecule has 1 aromatic rings. The van der Waals surface area contributed by atoms with Gasteiger partial charge in [-0.15, -0.1) is 5.92 Å². The molecule has 0 fully saturated rings. The molecule has 6 heteroatoms. The van der Waals surface area contributed by atoms with Gasteiger partial charge in [0.05, 0.1) is 19.2 Å². The van der Waals surface area contributed by atoms with Crippen LogP contribution in [0.15, 0.2) is 41.6 Å². The van der Waals surface area contributed by atoms with Crippen molar-refractivity contribution in [2.24, 2.45) is 0 Å².